The van der Waals surface area contributed by atoms with Gasteiger partial charge in [0.25, 0.3) is 11.8 Å². The van der Waals surface area contributed by atoms with E-state index >= 15 is 0 Å². The molecule has 0 aliphatic rings. The number of pyridine rings is 1. The summed E-state index contributed by atoms with van der Waals surface area (Å²) >= 11 is 0. The van der Waals surface area contributed by atoms with E-state index in [-0.39, 0.29) is 11.8 Å². The minimum absolute atomic E-state index is 0.198. The molecule has 134 valence electrons. The molecule has 0 unspecified atom stereocenters. The zero-order valence-corrected chi connectivity index (χ0v) is 15.0. The molecule has 2 aromatic heterocycles. The lowest BCUT2D eigenvalue weighted by atomic mass is 10.1. The van der Waals surface area contributed by atoms with E-state index in [1.807, 2.05) is 45.0 Å². The SMILES string of the molecule is CCNC(=O)c1cc(NC(=O)c2cc(C)nn2CC)nc2ccccc12. The van der Waals surface area contributed by atoms with Crippen LogP contribution < -0.4 is 10.6 Å². The minimum atomic E-state index is -0.308. The number of nitrogens with zero attached hydrogens (tertiary/aromatic N) is 3. The fraction of sp³-hybridized carbons (Fsp3) is 0.263. The first-order valence-corrected chi connectivity index (χ1v) is 8.57. The van der Waals surface area contributed by atoms with Gasteiger partial charge in [-0.1, -0.05) is 18.2 Å². The first kappa shape index (κ1) is 17.6. The van der Waals surface area contributed by atoms with E-state index in [0.717, 1.165) is 11.1 Å². The molecule has 0 bridgehead atoms. The molecule has 2 heterocycles. The van der Waals surface area contributed by atoms with Crippen molar-refractivity contribution in [2.75, 3.05) is 11.9 Å². The van der Waals surface area contributed by atoms with Gasteiger partial charge in [-0.15, -0.1) is 0 Å². The lowest BCUT2D eigenvalue weighted by molar-refractivity contribution is 0.0955. The number of fused-ring (bicyclic) bond motifs is 1. The Labute approximate surface area is 151 Å². The number of nitrogens with one attached hydrogen (secondary N) is 2. The Balaban J connectivity index is 1.99. The zero-order valence-electron chi connectivity index (χ0n) is 15.0. The van der Waals surface area contributed by atoms with Crippen molar-refractivity contribution in [3.63, 3.8) is 0 Å². The van der Waals surface area contributed by atoms with Gasteiger partial charge in [0.2, 0.25) is 0 Å². The minimum Gasteiger partial charge on any atom is -0.352 e. The summed E-state index contributed by atoms with van der Waals surface area (Å²) in [7, 11) is 0. The van der Waals surface area contributed by atoms with Gasteiger partial charge in [0.05, 0.1) is 16.8 Å². The van der Waals surface area contributed by atoms with Crippen LogP contribution in [0.15, 0.2) is 36.4 Å². The summed E-state index contributed by atoms with van der Waals surface area (Å²) in [5.74, 6) is -0.176. The number of aromatic nitrogens is 3. The van der Waals surface area contributed by atoms with Crippen molar-refractivity contribution in [3.8, 4) is 0 Å². The number of rotatable bonds is 5. The van der Waals surface area contributed by atoms with Crippen molar-refractivity contribution in [2.45, 2.75) is 27.3 Å². The summed E-state index contributed by atoms with van der Waals surface area (Å²) < 4.78 is 1.64. The molecule has 0 aliphatic carbocycles. The molecule has 0 fully saturated rings. The second-order valence-corrected chi connectivity index (χ2v) is 5.87. The largest absolute Gasteiger partial charge is 0.352 e. The van der Waals surface area contributed by atoms with Gasteiger partial charge in [0, 0.05) is 18.5 Å². The highest BCUT2D eigenvalue weighted by Crippen LogP contribution is 2.21. The average molecular weight is 351 g/mol. The van der Waals surface area contributed by atoms with Gasteiger partial charge in [-0.3, -0.25) is 14.3 Å². The Hall–Kier alpha value is -3.22. The first-order valence-electron chi connectivity index (χ1n) is 8.57. The fourth-order valence-corrected chi connectivity index (χ4v) is 2.83. The number of aryl methyl sites for hydroxylation is 2. The van der Waals surface area contributed by atoms with E-state index < -0.39 is 0 Å². The maximum atomic E-state index is 12.6. The molecule has 1 aromatic carbocycles. The molecule has 2 amide bonds. The van der Waals surface area contributed by atoms with Crippen LogP contribution in [0.5, 0.6) is 0 Å². The van der Waals surface area contributed by atoms with Crippen LogP contribution in [-0.2, 0) is 6.54 Å². The van der Waals surface area contributed by atoms with E-state index in [4.69, 9.17) is 0 Å². The molecule has 7 heteroatoms. The Morgan fingerprint density at radius 2 is 1.88 bits per heavy atom. The zero-order chi connectivity index (χ0) is 18.7. The predicted molar refractivity (Wildman–Crippen MR) is 100 cm³/mol. The highest BCUT2D eigenvalue weighted by atomic mass is 16.2. The molecule has 0 radical (unpaired) electrons. The molecule has 2 N–H and O–H groups in total. The number of para-hydroxylation sites is 1. The van der Waals surface area contributed by atoms with Gasteiger partial charge >= 0.3 is 0 Å². The topological polar surface area (TPSA) is 88.9 Å². The monoisotopic (exact) mass is 351 g/mol. The van der Waals surface area contributed by atoms with Crippen molar-refractivity contribution in [1.82, 2.24) is 20.1 Å². The summed E-state index contributed by atoms with van der Waals surface area (Å²) in [5.41, 5.74) is 2.35. The molecule has 26 heavy (non-hydrogen) atoms. The number of anilines is 1. The molecular formula is C19H21N5O2. The van der Waals surface area contributed by atoms with Crippen molar-refractivity contribution < 1.29 is 9.59 Å². The standard InChI is InChI=1S/C19H21N5O2/c1-4-20-18(25)14-11-17(21-15-9-7-6-8-13(14)15)22-19(26)16-10-12(3)23-24(16)5-2/h6-11H,4-5H2,1-3H3,(H,20,25)(H,21,22,26). The highest BCUT2D eigenvalue weighted by Gasteiger charge is 2.17. The number of carbonyl (C=O) groups excluding carboxylic acids is 2. The van der Waals surface area contributed by atoms with Crippen molar-refractivity contribution in [1.29, 1.82) is 0 Å². The lowest BCUT2D eigenvalue weighted by Gasteiger charge is -2.11. The van der Waals surface area contributed by atoms with Crippen LogP contribution >= 0.6 is 0 Å². The van der Waals surface area contributed by atoms with Gasteiger partial charge in [-0.05, 0) is 39.0 Å². The molecule has 3 aromatic rings. The number of hydrogen-bond acceptors (Lipinski definition) is 4. The Bertz CT molecular complexity index is 977. The van der Waals surface area contributed by atoms with Crippen LogP contribution in [0, 0.1) is 6.92 Å². The molecule has 0 aliphatic heterocycles. The van der Waals surface area contributed by atoms with Crippen LogP contribution in [-0.4, -0.2) is 33.1 Å². The van der Waals surface area contributed by atoms with Crippen molar-refractivity contribution >= 4 is 28.5 Å². The predicted octanol–water partition coefficient (Wildman–Crippen LogP) is 2.76. The number of carbonyl (C=O) groups is 2. The first-order chi connectivity index (χ1) is 12.5. The Morgan fingerprint density at radius 1 is 1.12 bits per heavy atom. The van der Waals surface area contributed by atoms with Gasteiger partial charge < -0.3 is 10.6 Å². The summed E-state index contributed by atoms with van der Waals surface area (Å²) in [6.45, 7) is 6.73. The summed E-state index contributed by atoms with van der Waals surface area (Å²) in [4.78, 5) is 29.5. The number of amides is 2. The lowest BCUT2D eigenvalue weighted by Crippen LogP contribution is -2.24. The van der Waals surface area contributed by atoms with E-state index in [1.165, 1.54) is 0 Å². The van der Waals surface area contributed by atoms with E-state index in [0.29, 0.717) is 35.7 Å². The van der Waals surface area contributed by atoms with Gasteiger partial charge in [0.15, 0.2) is 0 Å². The van der Waals surface area contributed by atoms with Crippen LogP contribution in [0.3, 0.4) is 0 Å². The third-order valence-corrected chi connectivity index (χ3v) is 3.97. The van der Waals surface area contributed by atoms with Crippen LogP contribution in [0.4, 0.5) is 5.82 Å². The van der Waals surface area contributed by atoms with Crippen molar-refractivity contribution in [2.24, 2.45) is 0 Å². The second-order valence-electron chi connectivity index (χ2n) is 5.87. The van der Waals surface area contributed by atoms with Gasteiger partial charge in [0.1, 0.15) is 11.5 Å². The molecular weight excluding hydrogens is 330 g/mol. The number of hydrogen-bond donors (Lipinski definition) is 2. The summed E-state index contributed by atoms with van der Waals surface area (Å²) in [6, 6.07) is 10.7. The molecule has 7 nitrogen and oxygen atoms in total. The quantitative estimate of drug-likeness (QED) is 0.740. The smallest absolute Gasteiger partial charge is 0.275 e. The van der Waals surface area contributed by atoms with E-state index in [2.05, 4.69) is 20.7 Å². The van der Waals surface area contributed by atoms with E-state index in [9.17, 15) is 9.59 Å². The second kappa shape index (κ2) is 7.35. The van der Waals surface area contributed by atoms with Crippen molar-refractivity contribution in [3.05, 3.63) is 53.3 Å². The number of benzene rings is 1. The molecule has 0 saturated heterocycles. The van der Waals surface area contributed by atoms with Gasteiger partial charge in [-0.25, -0.2) is 4.98 Å². The van der Waals surface area contributed by atoms with Gasteiger partial charge in [-0.2, -0.15) is 5.10 Å². The summed E-state index contributed by atoms with van der Waals surface area (Å²) in [6.07, 6.45) is 0. The summed E-state index contributed by atoms with van der Waals surface area (Å²) in [5, 5.41) is 10.6. The maximum Gasteiger partial charge on any atom is 0.275 e. The Kier molecular flexibility index (Phi) is 4.97. The normalized spacial score (nSPS) is 10.7. The molecule has 0 atom stereocenters. The average Bonchev–Trinajstić information content (AvgIpc) is 3.02. The third kappa shape index (κ3) is 3.42. The highest BCUT2D eigenvalue weighted by molar-refractivity contribution is 6.09. The Morgan fingerprint density at radius 3 is 2.62 bits per heavy atom. The van der Waals surface area contributed by atoms with E-state index in [1.54, 1.807) is 16.8 Å². The molecule has 0 spiro atoms. The fourth-order valence-electron chi connectivity index (χ4n) is 2.83. The molecule has 3 rings (SSSR count). The molecule has 0 saturated carbocycles. The third-order valence-electron chi connectivity index (χ3n) is 3.97. The maximum absolute atomic E-state index is 12.6. The van der Waals surface area contributed by atoms with Crippen LogP contribution in [0.1, 0.15) is 40.4 Å². The van der Waals surface area contributed by atoms with Crippen LogP contribution in [0.25, 0.3) is 10.9 Å². The van der Waals surface area contributed by atoms with Crippen LogP contribution in [0.2, 0.25) is 0 Å².